The number of hydrogen-bond acceptors (Lipinski definition) is 4. The molecule has 0 bridgehead atoms. The maximum Gasteiger partial charge on any atom is 0.408 e. The topological polar surface area (TPSA) is 105 Å². The summed E-state index contributed by atoms with van der Waals surface area (Å²) in [5, 5.41) is 14.2. The maximum atomic E-state index is 12.5. The van der Waals surface area contributed by atoms with Crippen molar-refractivity contribution in [2.24, 2.45) is 5.92 Å². The van der Waals surface area contributed by atoms with Gasteiger partial charge in [0.1, 0.15) is 11.6 Å². The largest absolute Gasteiger partial charge is 0.478 e. The summed E-state index contributed by atoms with van der Waals surface area (Å²) in [7, 11) is 0. The van der Waals surface area contributed by atoms with Crippen LogP contribution in [0.2, 0.25) is 0 Å². The Morgan fingerprint density at radius 2 is 1.71 bits per heavy atom. The molecule has 28 heavy (non-hydrogen) atoms. The van der Waals surface area contributed by atoms with E-state index < -0.39 is 35.7 Å². The Morgan fingerprint density at radius 1 is 1.11 bits per heavy atom. The van der Waals surface area contributed by atoms with Gasteiger partial charge in [0, 0.05) is 6.08 Å². The summed E-state index contributed by atoms with van der Waals surface area (Å²) in [6.45, 7) is 8.66. The molecular weight excluding hydrogens is 360 g/mol. The fraction of sp³-hybridized carbons (Fsp3) is 0.476. The van der Waals surface area contributed by atoms with Crippen LogP contribution in [0, 0.1) is 5.92 Å². The number of carboxylic acids is 1. The van der Waals surface area contributed by atoms with E-state index in [1.54, 1.807) is 27.7 Å². The normalized spacial score (nSPS) is 14.8. The van der Waals surface area contributed by atoms with E-state index >= 15 is 0 Å². The molecule has 0 aromatic heterocycles. The molecule has 7 nitrogen and oxygen atoms in total. The zero-order chi connectivity index (χ0) is 21.3. The van der Waals surface area contributed by atoms with E-state index in [9.17, 15) is 14.4 Å². The molecule has 7 heteroatoms. The van der Waals surface area contributed by atoms with Crippen LogP contribution in [0.25, 0.3) is 0 Å². The fourth-order valence-electron chi connectivity index (χ4n) is 2.52. The highest BCUT2D eigenvalue weighted by atomic mass is 16.6. The van der Waals surface area contributed by atoms with E-state index in [1.165, 1.54) is 6.08 Å². The number of alkyl carbamates (subject to hydrolysis) is 1. The van der Waals surface area contributed by atoms with Crippen LogP contribution in [-0.4, -0.2) is 40.8 Å². The number of benzene rings is 1. The predicted molar refractivity (Wildman–Crippen MR) is 107 cm³/mol. The Balaban J connectivity index is 2.77. The Bertz CT molecular complexity index is 694. The third-order valence-electron chi connectivity index (χ3n) is 3.90. The van der Waals surface area contributed by atoms with Gasteiger partial charge in [-0.15, -0.1) is 0 Å². The minimum absolute atomic E-state index is 0.0596. The van der Waals surface area contributed by atoms with Crippen molar-refractivity contribution in [3.63, 3.8) is 0 Å². The SMILES string of the molecule is CC(NC(=O)OC(C)(C)C)C(=O)NC(C=CC(=O)O)C(C)Cc1ccccc1. The lowest BCUT2D eigenvalue weighted by molar-refractivity contribution is -0.131. The summed E-state index contributed by atoms with van der Waals surface area (Å²) < 4.78 is 5.15. The first-order valence-electron chi connectivity index (χ1n) is 9.23. The fourth-order valence-corrected chi connectivity index (χ4v) is 2.52. The highest BCUT2D eigenvalue weighted by molar-refractivity contribution is 5.86. The molecular formula is C21H30N2O5. The van der Waals surface area contributed by atoms with Gasteiger partial charge in [0.25, 0.3) is 0 Å². The average Bonchev–Trinajstić information content (AvgIpc) is 2.57. The van der Waals surface area contributed by atoms with Crippen LogP contribution in [0.1, 0.15) is 40.2 Å². The summed E-state index contributed by atoms with van der Waals surface area (Å²) in [4.78, 5) is 35.2. The van der Waals surface area contributed by atoms with Crippen LogP contribution in [-0.2, 0) is 20.7 Å². The number of rotatable bonds is 8. The minimum atomic E-state index is -1.09. The van der Waals surface area contributed by atoms with Gasteiger partial charge in [-0.05, 0) is 45.6 Å². The van der Waals surface area contributed by atoms with Gasteiger partial charge < -0.3 is 20.5 Å². The molecule has 1 aromatic rings. The van der Waals surface area contributed by atoms with Crippen molar-refractivity contribution >= 4 is 18.0 Å². The number of nitrogens with one attached hydrogen (secondary N) is 2. The lowest BCUT2D eigenvalue weighted by Gasteiger charge is -2.25. The van der Waals surface area contributed by atoms with E-state index in [2.05, 4.69) is 10.6 Å². The molecule has 1 aromatic carbocycles. The summed E-state index contributed by atoms with van der Waals surface area (Å²) in [5.74, 6) is -1.58. The third kappa shape index (κ3) is 9.21. The van der Waals surface area contributed by atoms with E-state index in [-0.39, 0.29) is 5.92 Å². The third-order valence-corrected chi connectivity index (χ3v) is 3.90. The Hall–Kier alpha value is -2.83. The standard InChI is InChI=1S/C21H30N2O5/c1-14(13-16-9-7-6-8-10-16)17(11-12-18(24)25)23-19(26)15(2)22-20(27)28-21(3,4)5/h6-12,14-15,17H,13H2,1-5H3,(H,22,27)(H,23,26)(H,24,25). The average molecular weight is 390 g/mol. The minimum Gasteiger partial charge on any atom is -0.478 e. The van der Waals surface area contributed by atoms with Crippen molar-refractivity contribution in [2.45, 2.75) is 58.7 Å². The van der Waals surface area contributed by atoms with Crippen LogP contribution in [0.5, 0.6) is 0 Å². The molecule has 3 atom stereocenters. The van der Waals surface area contributed by atoms with Gasteiger partial charge in [0.05, 0.1) is 6.04 Å². The molecule has 0 saturated carbocycles. The molecule has 3 N–H and O–H groups in total. The summed E-state index contributed by atoms with van der Waals surface area (Å²) in [6, 6.07) is 8.38. The molecule has 1 rings (SSSR count). The molecule has 0 aliphatic carbocycles. The molecule has 0 saturated heterocycles. The molecule has 0 aliphatic heterocycles. The number of aliphatic carboxylic acids is 1. The zero-order valence-electron chi connectivity index (χ0n) is 17.1. The molecule has 0 radical (unpaired) electrons. The van der Waals surface area contributed by atoms with Crippen molar-refractivity contribution in [1.29, 1.82) is 0 Å². The van der Waals surface area contributed by atoms with Crippen molar-refractivity contribution < 1.29 is 24.2 Å². The quantitative estimate of drug-likeness (QED) is 0.592. The van der Waals surface area contributed by atoms with Gasteiger partial charge in [-0.2, -0.15) is 0 Å². The van der Waals surface area contributed by atoms with E-state index in [0.717, 1.165) is 11.6 Å². The lowest BCUT2D eigenvalue weighted by Crippen LogP contribution is -2.50. The van der Waals surface area contributed by atoms with E-state index in [0.29, 0.717) is 6.42 Å². The maximum absolute atomic E-state index is 12.5. The van der Waals surface area contributed by atoms with Gasteiger partial charge in [0.2, 0.25) is 5.91 Å². The second-order valence-corrected chi connectivity index (χ2v) is 7.77. The molecule has 154 valence electrons. The van der Waals surface area contributed by atoms with Crippen LogP contribution in [0.4, 0.5) is 4.79 Å². The first kappa shape index (κ1) is 23.2. The van der Waals surface area contributed by atoms with Crippen LogP contribution < -0.4 is 10.6 Å². The molecule has 2 amide bonds. The summed E-state index contributed by atoms with van der Waals surface area (Å²) >= 11 is 0. The lowest BCUT2D eigenvalue weighted by atomic mass is 9.93. The van der Waals surface area contributed by atoms with Gasteiger partial charge in [-0.25, -0.2) is 9.59 Å². The molecule has 0 fully saturated rings. The monoisotopic (exact) mass is 390 g/mol. The number of ether oxygens (including phenoxy) is 1. The van der Waals surface area contributed by atoms with Crippen molar-refractivity contribution in [1.82, 2.24) is 10.6 Å². The summed E-state index contributed by atoms with van der Waals surface area (Å²) in [5.41, 5.74) is 0.412. The van der Waals surface area contributed by atoms with Crippen molar-refractivity contribution in [3.05, 3.63) is 48.0 Å². The number of hydrogen-bond donors (Lipinski definition) is 3. The van der Waals surface area contributed by atoms with Gasteiger partial charge in [-0.3, -0.25) is 4.79 Å². The highest BCUT2D eigenvalue weighted by Gasteiger charge is 2.24. The zero-order valence-corrected chi connectivity index (χ0v) is 17.1. The second kappa shape index (κ2) is 10.5. The van der Waals surface area contributed by atoms with E-state index in [4.69, 9.17) is 9.84 Å². The number of carboxylic acid groups (broad SMARTS) is 1. The van der Waals surface area contributed by atoms with Gasteiger partial charge in [-0.1, -0.05) is 43.3 Å². The Morgan fingerprint density at radius 3 is 2.25 bits per heavy atom. The van der Waals surface area contributed by atoms with Crippen molar-refractivity contribution in [2.75, 3.05) is 0 Å². The van der Waals surface area contributed by atoms with Crippen LogP contribution in [0.3, 0.4) is 0 Å². The predicted octanol–water partition coefficient (Wildman–Crippen LogP) is 2.90. The smallest absolute Gasteiger partial charge is 0.408 e. The number of carbonyl (C=O) groups is 3. The Labute approximate surface area is 166 Å². The molecule has 0 heterocycles. The van der Waals surface area contributed by atoms with Crippen LogP contribution >= 0.6 is 0 Å². The van der Waals surface area contributed by atoms with Gasteiger partial charge >= 0.3 is 12.1 Å². The first-order chi connectivity index (χ1) is 13.0. The number of amides is 2. The highest BCUT2D eigenvalue weighted by Crippen LogP contribution is 2.14. The molecule has 3 unspecified atom stereocenters. The first-order valence-corrected chi connectivity index (χ1v) is 9.23. The second-order valence-electron chi connectivity index (χ2n) is 7.77. The van der Waals surface area contributed by atoms with Gasteiger partial charge in [0.15, 0.2) is 0 Å². The molecule has 0 aliphatic rings. The number of carbonyl (C=O) groups excluding carboxylic acids is 2. The van der Waals surface area contributed by atoms with E-state index in [1.807, 2.05) is 37.3 Å². The van der Waals surface area contributed by atoms with Crippen molar-refractivity contribution in [3.8, 4) is 0 Å². The Kier molecular flexibility index (Phi) is 8.70. The van der Waals surface area contributed by atoms with Crippen LogP contribution in [0.15, 0.2) is 42.5 Å². The summed E-state index contributed by atoms with van der Waals surface area (Å²) in [6.07, 6.45) is 2.43. The molecule has 0 spiro atoms.